The minimum atomic E-state index is -4.86. The van der Waals surface area contributed by atoms with E-state index in [-0.39, 0.29) is 16.3 Å². The number of H-pyrrole nitrogens is 1. The molecule has 2 heterocycles. The summed E-state index contributed by atoms with van der Waals surface area (Å²) < 4.78 is 69.2. The molecular weight excluding hydrogens is 499 g/mol. The molecule has 2 aromatic carbocycles. The Labute approximate surface area is 203 Å². The van der Waals surface area contributed by atoms with Gasteiger partial charge in [-0.15, -0.1) is 10.2 Å². The summed E-state index contributed by atoms with van der Waals surface area (Å²) in [4.78, 5) is 12.9. The summed E-state index contributed by atoms with van der Waals surface area (Å²) in [6, 6.07) is 10.9. The highest BCUT2D eigenvalue weighted by atomic mass is 32.2. The molecule has 2 aromatic heterocycles. The van der Waals surface area contributed by atoms with Gasteiger partial charge in [-0.25, -0.2) is 8.42 Å². The average molecular weight is 517 g/mol. The number of aromatic amines is 1. The number of carbonyl (C=O) groups excluding carboxylic acids is 1. The van der Waals surface area contributed by atoms with Crippen LogP contribution >= 0.6 is 0 Å². The van der Waals surface area contributed by atoms with Crippen LogP contribution in [0.15, 0.2) is 65.8 Å². The Balaban J connectivity index is 1.69. The second-order valence-electron chi connectivity index (χ2n) is 7.77. The number of aryl methyl sites for hydroxylation is 1. The molecule has 2 N–H and O–H groups in total. The zero-order chi connectivity index (χ0) is 26.1. The highest BCUT2D eigenvalue weighted by Gasteiger charge is 2.35. The standard InChI is InChI=1S/C23H18F3N5O4S/c1-13-8-14(15-11-27-28-12-15)6-7-19(13)35-22-18(10-20(30-31-22)23(24,25)26)21(32)29-16-4-3-5-17(9-16)36(2,33)34/h3-12H,1-2H3,(H,27,28)(H,29,32). The van der Waals surface area contributed by atoms with Gasteiger partial charge in [-0.05, 0) is 54.4 Å². The van der Waals surface area contributed by atoms with Crippen LogP contribution in [0.25, 0.3) is 11.1 Å². The van der Waals surface area contributed by atoms with Crippen molar-refractivity contribution >= 4 is 21.4 Å². The smallest absolute Gasteiger partial charge is 0.435 e. The minimum absolute atomic E-state index is 0.0555. The van der Waals surface area contributed by atoms with Gasteiger partial charge in [-0.3, -0.25) is 9.89 Å². The van der Waals surface area contributed by atoms with Crippen molar-refractivity contribution < 1.29 is 31.1 Å². The van der Waals surface area contributed by atoms with Crippen molar-refractivity contribution in [3.8, 4) is 22.8 Å². The zero-order valence-electron chi connectivity index (χ0n) is 18.8. The number of carbonyl (C=O) groups is 1. The van der Waals surface area contributed by atoms with Crippen LogP contribution in [0.5, 0.6) is 11.6 Å². The quantitative estimate of drug-likeness (QED) is 0.381. The molecule has 0 aliphatic heterocycles. The van der Waals surface area contributed by atoms with Crippen LogP contribution in [0.1, 0.15) is 21.6 Å². The molecule has 4 aromatic rings. The molecule has 0 saturated heterocycles. The maximum Gasteiger partial charge on any atom is 0.435 e. The fourth-order valence-electron chi connectivity index (χ4n) is 3.22. The van der Waals surface area contributed by atoms with Crippen molar-refractivity contribution in [2.45, 2.75) is 18.0 Å². The molecule has 186 valence electrons. The molecule has 0 spiro atoms. The first-order valence-electron chi connectivity index (χ1n) is 10.3. The van der Waals surface area contributed by atoms with Gasteiger partial charge < -0.3 is 10.1 Å². The van der Waals surface area contributed by atoms with E-state index in [1.165, 1.54) is 24.3 Å². The number of amides is 1. The highest BCUT2D eigenvalue weighted by molar-refractivity contribution is 7.90. The lowest BCUT2D eigenvalue weighted by atomic mass is 10.1. The molecule has 36 heavy (non-hydrogen) atoms. The van der Waals surface area contributed by atoms with E-state index in [1.807, 2.05) is 0 Å². The minimum Gasteiger partial charge on any atom is -0.437 e. The van der Waals surface area contributed by atoms with E-state index >= 15 is 0 Å². The molecule has 1 amide bonds. The van der Waals surface area contributed by atoms with E-state index in [9.17, 15) is 26.4 Å². The van der Waals surface area contributed by atoms with Crippen LogP contribution in [0.3, 0.4) is 0 Å². The van der Waals surface area contributed by atoms with Crippen molar-refractivity contribution in [2.75, 3.05) is 11.6 Å². The molecule has 4 rings (SSSR count). The molecule has 0 unspecified atom stereocenters. The number of hydrogen-bond acceptors (Lipinski definition) is 7. The van der Waals surface area contributed by atoms with Gasteiger partial charge in [-0.1, -0.05) is 12.1 Å². The molecule has 13 heteroatoms. The number of alkyl halides is 3. The highest BCUT2D eigenvalue weighted by Crippen LogP contribution is 2.33. The fourth-order valence-corrected chi connectivity index (χ4v) is 3.88. The molecule has 0 saturated carbocycles. The van der Waals surface area contributed by atoms with E-state index in [1.54, 1.807) is 37.5 Å². The van der Waals surface area contributed by atoms with Gasteiger partial charge in [-0.2, -0.15) is 18.3 Å². The number of nitrogens with zero attached hydrogens (tertiary/aromatic N) is 3. The predicted molar refractivity (Wildman–Crippen MR) is 123 cm³/mol. The van der Waals surface area contributed by atoms with Gasteiger partial charge in [0.2, 0.25) is 0 Å². The van der Waals surface area contributed by atoms with Crippen molar-refractivity contribution in [3.05, 3.63) is 77.7 Å². The number of anilines is 1. The zero-order valence-corrected chi connectivity index (χ0v) is 19.6. The van der Waals surface area contributed by atoms with Gasteiger partial charge in [0.1, 0.15) is 11.3 Å². The number of aromatic nitrogens is 4. The van der Waals surface area contributed by atoms with E-state index in [0.717, 1.165) is 17.4 Å². The van der Waals surface area contributed by atoms with Crippen molar-refractivity contribution in [2.24, 2.45) is 0 Å². The number of nitrogens with one attached hydrogen (secondary N) is 2. The molecule has 0 atom stereocenters. The number of benzene rings is 2. The summed E-state index contributed by atoms with van der Waals surface area (Å²) in [5.41, 5.74) is 0.367. The van der Waals surface area contributed by atoms with Crippen LogP contribution in [-0.2, 0) is 16.0 Å². The van der Waals surface area contributed by atoms with Gasteiger partial charge in [0, 0.05) is 23.7 Å². The molecular formula is C23H18F3N5O4S. The Hall–Kier alpha value is -4.26. The third-order valence-corrected chi connectivity index (χ3v) is 6.14. The number of hydrogen-bond donors (Lipinski definition) is 2. The Morgan fingerprint density at radius 3 is 2.47 bits per heavy atom. The summed E-state index contributed by atoms with van der Waals surface area (Å²) in [6.45, 7) is 1.72. The predicted octanol–water partition coefficient (Wildman–Crippen LogP) is 4.64. The SMILES string of the molecule is Cc1cc(-c2cn[nH]c2)ccc1Oc1nnc(C(F)(F)F)cc1C(=O)Nc1cccc(S(C)(=O)=O)c1. The molecule has 0 fully saturated rings. The number of sulfone groups is 1. The molecule has 0 bridgehead atoms. The Bertz CT molecular complexity index is 1540. The lowest BCUT2D eigenvalue weighted by Crippen LogP contribution is -2.18. The lowest BCUT2D eigenvalue weighted by molar-refractivity contribution is -0.141. The van der Waals surface area contributed by atoms with E-state index in [0.29, 0.717) is 11.6 Å². The fraction of sp³-hybridized carbons (Fsp3) is 0.130. The van der Waals surface area contributed by atoms with Crippen molar-refractivity contribution in [1.82, 2.24) is 20.4 Å². The maximum absolute atomic E-state index is 13.3. The second-order valence-corrected chi connectivity index (χ2v) is 9.79. The second kappa shape index (κ2) is 9.41. The Kier molecular flexibility index (Phi) is 6.50. The first kappa shape index (κ1) is 24.9. The van der Waals surface area contributed by atoms with Crippen LogP contribution < -0.4 is 10.1 Å². The third kappa shape index (κ3) is 5.51. The van der Waals surface area contributed by atoms with Crippen LogP contribution in [-0.4, -0.2) is 41.0 Å². The largest absolute Gasteiger partial charge is 0.437 e. The summed E-state index contributed by atoms with van der Waals surface area (Å²) in [6.07, 6.45) is -0.558. The number of rotatable bonds is 6. The number of ether oxygens (including phenoxy) is 1. The average Bonchev–Trinajstić information content (AvgIpc) is 3.34. The number of halogens is 3. The van der Waals surface area contributed by atoms with E-state index < -0.39 is 39.1 Å². The van der Waals surface area contributed by atoms with Gasteiger partial charge in [0.15, 0.2) is 15.5 Å². The summed E-state index contributed by atoms with van der Waals surface area (Å²) in [5, 5.41) is 15.6. The Morgan fingerprint density at radius 2 is 1.83 bits per heavy atom. The van der Waals surface area contributed by atoms with Gasteiger partial charge >= 0.3 is 6.18 Å². The van der Waals surface area contributed by atoms with Crippen LogP contribution in [0, 0.1) is 6.92 Å². The molecule has 9 nitrogen and oxygen atoms in total. The maximum atomic E-state index is 13.3. The molecule has 0 radical (unpaired) electrons. The normalized spacial score (nSPS) is 11.8. The van der Waals surface area contributed by atoms with Crippen LogP contribution in [0.4, 0.5) is 18.9 Å². The van der Waals surface area contributed by atoms with Crippen molar-refractivity contribution in [3.63, 3.8) is 0 Å². The summed E-state index contributed by atoms with van der Waals surface area (Å²) in [7, 11) is -3.58. The summed E-state index contributed by atoms with van der Waals surface area (Å²) in [5.74, 6) is -1.22. The van der Waals surface area contributed by atoms with E-state index in [4.69, 9.17) is 4.74 Å². The molecule has 0 aliphatic carbocycles. The van der Waals surface area contributed by atoms with Crippen LogP contribution in [0.2, 0.25) is 0 Å². The monoisotopic (exact) mass is 517 g/mol. The topological polar surface area (TPSA) is 127 Å². The molecule has 0 aliphatic rings. The van der Waals surface area contributed by atoms with Crippen molar-refractivity contribution in [1.29, 1.82) is 0 Å². The summed E-state index contributed by atoms with van der Waals surface area (Å²) >= 11 is 0. The first-order chi connectivity index (χ1) is 16.9. The van der Waals surface area contributed by atoms with Gasteiger partial charge in [0.25, 0.3) is 11.8 Å². The third-order valence-electron chi connectivity index (χ3n) is 5.03. The first-order valence-corrected chi connectivity index (χ1v) is 12.1. The van der Waals surface area contributed by atoms with E-state index in [2.05, 4.69) is 25.7 Å². The van der Waals surface area contributed by atoms with Gasteiger partial charge in [0.05, 0.1) is 11.1 Å². The lowest BCUT2D eigenvalue weighted by Gasteiger charge is -2.14. The Morgan fingerprint density at radius 1 is 1.06 bits per heavy atom.